The van der Waals surface area contributed by atoms with Crippen molar-refractivity contribution in [2.45, 2.75) is 0 Å². The second-order valence-corrected chi connectivity index (χ2v) is 3.97. The monoisotopic (exact) mass is 196 g/mol. The zero-order valence-corrected chi connectivity index (χ0v) is 6.85. The molecule has 0 aliphatic rings. The van der Waals surface area contributed by atoms with Crippen LogP contribution in [0.25, 0.3) is 0 Å². The van der Waals surface area contributed by atoms with Gasteiger partial charge in [0.2, 0.25) is 16.0 Å². The van der Waals surface area contributed by atoms with Crippen molar-refractivity contribution in [3.8, 4) is 0 Å². The van der Waals surface area contributed by atoms with Crippen LogP contribution >= 0.6 is 11.6 Å². The third-order valence-corrected chi connectivity index (χ3v) is 2.46. The van der Waals surface area contributed by atoms with Crippen LogP contribution in [0.1, 0.15) is 0 Å². The first kappa shape index (κ1) is 8.28. The van der Waals surface area contributed by atoms with Crippen LogP contribution in [0.2, 0.25) is 0 Å². The van der Waals surface area contributed by atoms with Gasteiger partial charge in [-0.25, -0.2) is 13.5 Å². The van der Waals surface area contributed by atoms with E-state index >= 15 is 0 Å². The van der Waals surface area contributed by atoms with Crippen molar-refractivity contribution in [2.24, 2.45) is 0 Å². The van der Waals surface area contributed by atoms with Crippen LogP contribution in [0.4, 0.5) is 5.95 Å². The van der Waals surface area contributed by atoms with Gasteiger partial charge in [-0.05, 0) is 0 Å². The zero-order valence-electron chi connectivity index (χ0n) is 5.28. The lowest BCUT2D eigenvalue weighted by atomic mass is 11.1. The average molecular weight is 197 g/mol. The lowest BCUT2D eigenvalue weighted by Gasteiger charge is -1.97. The number of aromatic nitrogens is 3. The van der Waals surface area contributed by atoms with E-state index in [2.05, 4.69) is 19.9 Å². The van der Waals surface area contributed by atoms with E-state index in [4.69, 9.17) is 11.6 Å². The van der Waals surface area contributed by atoms with E-state index < -0.39 is 15.2 Å². The maximum absolute atomic E-state index is 10.7. The molecule has 1 aromatic heterocycles. The number of halogens is 1. The molecular weight excluding hydrogens is 192 g/mol. The number of hydrogen-bond donors (Lipinski definition) is 2. The van der Waals surface area contributed by atoms with Gasteiger partial charge in [-0.15, -0.1) is 11.6 Å². The molecule has 0 aromatic carbocycles. The molecule has 0 saturated carbocycles. The molecule has 0 aliphatic heterocycles. The minimum absolute atomic E-state index is 0.0608. The van der Waals surface area contributed by atoms with E-state index in [9.17, 15) is 8.42 Å². The molecular formula is C3H5ClN4O2S. The Morgan fingerprint density at radius 2 is 2.45 bits per heavy atom. The van der Waals surface area contributed by atoms with Crippen LogP contribution in [-0.2, 0) is 10.0 Å². The number of hydrogen-bond acceptors (Lipinski definition) is 4. The first-order chi connectivity index (χ1) is 5.14. The van der Waals surface area contributed by atoms with Crippen LogP contribution in [0.3, 0.4) is 0 Å². The highest BCUT2D eigenvalue weighted by molar-refractivity contribution is 7.93. The number of rotatable bonds is 3. The molecule has 0 unspecified atom stereocenters. The first-order valence-electron chi connectivity index (χ1n) is 2.56. The number of sulfonamides is 1. The minimum Gasteiger partial charge on any atom is -0.251 e. The summed E-state index contributed by atoms with van der Waals surface area (Å²) in [4.78, 5) is 3.53. The van der Waals surface area contributed by atoms with Gasteiger partial charge >= 0.3 is 0 Å². The van der Waals surface area contributed by atoms with Crippen molar-refractivity contribution in [3.05, 3.63) is 6.33 Å². The Morgan fingerprint density at radius 1 is 1.73 bits per heavy atom. The fourth-order valence-electron chi connectivity index (χ4n) is 0.429. The number of aromatic amines is 1. The van der Waals surface area contributed by atoms with Gasteiger partial charge in [0.1, 0.15) is 11.5 Å². The van der Waals surface area contributed by atoms with E-state index in [0.717, 1.165) is 0 Å². The third kappa shape index (κ3) is 2.35. The van der Waals surface area contributed by atoms with Gasteiger partial charge in [-0.1, -0.05) is 0 Å². The predicted octanol–water partition coefficient (Wildman–Crippen LogP) is -0.257. The predicted molar refractivity (Wildman–Crippen MR) is 39.6 cm³/mol. The van der Waals surface area contributed by atoms with Gasteiger partial charge in [0.05, 0.1) is 0 Å². The number of nitrogens with one attached hydrogen (secondary N) is 2. The van der Waals surface area contributed by atoms with Gasteiger partial charge < -0.3 is 0 Å². The number of anilines is 1. The van der Waals surface area contributed by atoms with E-state index in [1.807, 2.05) is 0 Å². The Labute approximate surface area is 68.0 Å². The van der Waals surface area contributed by atoms with Gasteiger partial charge in [0.15, 0.2) is 0 Å². The molecule has 0 aliphatic carbocycles. The zero-order chi connectivity index (χ0) is 8.32. The van der Waals surface area contributed by atoms with Crippen molar-refractivity contribution in [3.63, 3.8) is 0 Å². The number of nitrogens with zero attached hydrogens (tertiary/aromatic N) is 2. The summed E-state index contributed by atoms with van der Waals surface area (Å²) >= 11 is 5.10. The summed E-state index contributed by atoms with van der Waals surface area (Å²) in [5.41, 5.74) is 0. The largest absolute Gasteiger partial charge is 0.251 e. The summed E-state index contributed by atoms with van der Waals surface area (Å²) in [5.74, 6) is 0.0608. The summed E-state index contributed by atoms with van der Waals surface area (Å²) in [5, 5.41) is 5.25. The minimum atomic E-state index is -3.46. The van der Waals surface area contributed by atoms with E-state index in [1.165, 1.54) is 6.33 Å². The van der Waals surface area contributed by atoms with Gasteiger partial charge in [0.25, 0.3) is 0 Å². The Morgan fingerprint density at radius 3 is 2.91 bits per heavy atom. The Balaban J connectivity index is 2.72. The van der Waals surface area contributed by atoms with Crippen LogP contribution in [0, 0.1) is 0 Å². The van der Waals surface area contributed by atoms with Crippen LogP contribution in [0.15, 0.2) is 6.33 Å². The molecule has 1 rings (SSSR count). The van der Waals surface area contributed by atoms with Gasteiger partial charge in [-0.2, -0.15) is 10.1 Å². The fraction of sp³-hybridized carbons (Fsp3) is 0.333. The molecule has 2 N–H and O–H groups in total. The molecule has 11 heavy (non-hydrogen) atoms. The lowest BCUT2D eigenvalue weighted by molar-refractivity contribution is 0.605. The average Bonchev–Trinajstić information content (AvgIpc) is 2.39. The third-order valence-electron chi connectivity index (χ3n) is 0.811. The van der Waals surface area contributed by atoms with Crippen molar-refractivity contribution in [1.29, 1.82) is 0 Å². The molecule has 0 saturated heterocycles. The van der Waals surface area contributed by atoms with E-state index in [1.54, 1.807) is 0 Å². The standard InChI is InChI=1S/C3H5ClN4O2S/c4-1-11(9,10)8-3-5-2-6-7-3/h2H,1H2,(H2,5,6,7,8). The molecule has 1 aromatic rings. The fourth-order valence-corrected chi connectivity index (χ4v) is 1.04. The van der Waals surface area contributed by atoms with Crippen molar-refractivity contribution in [2.75, 3.05) is 9.93 Å². The maximum Gasteiger partial charge on any atom is 0.249 e. The van der Waals surface area contributed by atoms with Crippen LogP contribution < -0.4 is 4.72 Å². The Bertz CT molecular complexity index is 306. The van der Waals surface area contributed by atoms with Crippen LogP contribution in [-0.4, -0.2) is 28.8 Å². The smallest absolute Gasteiger partial charge is 0.249 e. The highest BCUT2D eigenvalue weighted by Crippen LogP contribution is 1.99. The summed E-state index contributed by atoms with van der Waals surface area (Å²) in [6, 6.07) is 0. The van der Waals surface area contributed by atoms with Gasteiger partial charge in [-0.3, -0.25) is 4.72 Å². The highest BCUT2D eigenvalue weighted by atomic mass is 35.5. The lowest BCUT2D eigenvalue weighted by Crippen LogP contribution is -2.14. The van der Waals surface area contributed by atoms with Gasteiger partial charge in [0, 0.05) is 0 Å². The highest BCUT2D eigenvalue weighted by Gasteiger charge is 2.08. The summed E-state index contributed by atoms with van der Waals surface area (Å²) in [6.45, 7) is 0. The van der Waals surface area contributed by atoms with E-state index in [0.29, 0.717) is 0 Å². The molecule has 6 nitrogen and oxygen atoms in total. The molecule has 0 bridgehead atoms. The molecule has 0 fully saturated rings. The topological polar surface area (TPSA) is 87.7 Å². The number of H-pyrrole nitrogens is 1. The van der Waals surface area contributed by atoms with Crippen molar-refractivity contribution < 1.29 is 8.42 Å². The van der Waals surface area contributed by atoms with E-state index in [-0.39, 0.29) is 5.95 Å². The second-order valence-electron chi connectivity index (χ2n) is 1.66. The SMILES string of the molecule is O=S(=O)(CCl)Nc1ncn[nH]1. The van der Waals surface area contributed by atoms with Crippen LogP contribution in [0.5, 0.6) is 0 Å². The quantitative estimate of drug-likeness (QED) is 0.653. The van der Waals surface area contributed by atoms with Crippen molar-refractivity contribution in [1.82, 2.24) is 15.2 Å². The second kappa shape index (κ2) is 3.05. The number of alkyl halides is 1. The Kier molecular flexibility index (Phi) is 2.30. The summed E-state index contributed by atoms with van der Waals surface area (Å²) < 4.78 is 23.5. The Hall–Kier alpha value is -0.820. The molecule has 0 atom stereocenters. The molecule has 0 radical (unpaired) electrons. The summed E-state index contributed by atoms with van der Waals surface area (Å²) in [6.07, 6.45) is 1.19. The normalized spacial score (nSPS) is 11.4. The molecule has 62 valence electrons. The molecule has 1 heterocycles. The molecule has 0 spiro atoms. The molecule has 8 heteroatoms. The molecule has 0 amide bonds. The summed E-state index contributed by atoms with van der Waals surface area (Å²) in [7, 11) is -3.46. The first-order valence-corrected chi connectivity index (χ1v) is 4.74. The van der Waals surface area contributed by atoms with Crippen molar-refractivity contribution >= 4 is 27.6 Å². The maximum atomic E-state index is 10.7.